The standard InChI is InChI=1S/C14H16N2O3S/c1-10-9-16(6-7-20-10)14(19)12-4-2-11(8-15-12)3-5-13(17)18/h2-5,8,10H,6-7,9H2,1H3,(H,17,18)/b5-3+. The summed E-state index contributed by atoms with van der Waals surface area (Å²) in [6.07, 6.45) is 4.00. The third kappa shape index (κ3) is 3.84. The van der Waals surface area contributed by atoms with Crippen molar-refractivity contribution in [1.82, 2.24) is 9.88 Å². The number of thioether (sulfide) groups is 1. The quantitative estimate of drug-likeness (QED) is 0.860. The van der Waals surface area contributed by atoms with Crippen LogP contribution in [-0.2, 0) is 4.79 Å². The maximum atomic E-state index is 12.3. The second kappa shape index (κ2) is 6.56. The fourth-order valence-corrected chi connectivity index (χ4v) is 2.98. The Morgan fingerprint density at radius 1 is 1.50 bits per heavy atom. The summed E-state index contributed by atoms with van der Waals surface area (Å²) >= 11 is 1.87. The van der Waals surface area contributed by atoms with Crippen LogP contribution in [0.2, 0.25) is 0 Å². The monoisotopic (exact) mass is 292 g/mol. The summed E-state index contributed by atoms with van der Waals surface area (Å²) in [5, 5.41) is 8.99. The van der Waals surface area contributed by atoms with E-state index in [4.69, 9.17) is 5.11 Å². The normalized spacial score (nSPS) is 19.2. The van der Waals surface area contributed by atoms with Crippen LogP contribution in [-0.4, -0.2) is 51.0 Å². The van der Waals surface area contributed by atoms with E-state index < -0.39 is 5.97 Å². The lowest BCUT2D eigenvalue weighted by Crippen LogP contribution is -2.41. The van der Waals surface area contributed by atoms with Crippen molar-refractivity contribution in [2.24, 2.45) is 0 Å². The Hall–Kier alpha value is -1.82. The van der Waals surface area contributed by atoms with Gasteiger partial charge in [-0.15, -0.1) is 0 Å². The van der Waals surface area contributed by atoms with Gasteiger partial charge in [-0.1, -0.05) is 13.0 Å². The topological polar surface area (TPSA) is 70.5 Å². The number of carboxylic acid groups (broad SMARTS) is 1. The van der Waals surface area contributed by atoms with E-state index in [0.29, 0.717) is 16.5 Å². The Balaban J connectivity index is 2.05. The molecular weight excluding hydrogens is 276 g/mol. The number of aromatic nitrogens is 1. The molecule has 0 bridgehead atoms. The number of carboxylic acids is 1. The molecule has 20 heavy (non-hydrogen) atoms. The average molecular weight is 292 g/mol. The number of aliphatic carboxylic acids is 1. The number of rotatable bonds is 3. The molecule has 1 amide bonds. The number of pyridine rings is 1. The Labute approximate surface area is 121 Å². The molecular formula is C14H16N2O3S. The van der Waals surface area contributed by atoms with Crippen LogP contribution in [0.3, 0.4) is 0 Å². The molecule has 0 aromatic carbocycles. The first-order valence-corrected chi connectivity index (χ1v) is 7.39. The number of nitrogens with zero attached hydrogens (tertiary/aromatic N) is 2. The molecule has 2 heterocycles. The largest absolute Gasteiger partial charge is 0.478 e. The predicted octanol–water partition coefficient (Wildman–Crippen LogP) is 1.76. The SMILES string of the molecule is CC1CN(C(=O)c2ccc(/C=C/C(=O)O)cn2)CCS1. The second-order valence-corrected chi connectivity index (χ2v) is 6.13. The molecule has 106 valence electrons. The van der Waals surface area contributed by atoms with Gasteiger partial charge in [0.2, 0.25) is 0 Å². The summed E-state index contributed by atoms with van der Waals surface area (Å²) in [5.74, 6) is -0.123. The number of carbonyl (C=O) groups excluding carboxylic acids is 1. The molecule has 5 nitrogen and oxygen atoms in total. The number of carbonyl (C=O) groups is 2. The van der Waals surface area contributed by atoms with Gasteiger partial charge in [-0.3, -0.25) is 9.78 Å². The summed E-state index contributed by atoms with van der Waals surface area (Å²) < 4.78 is 0. The molecule has 0 radical (unpaired) electrons. The van der Waals surface area contributed by atoms with Crippen molar-refractivity contribution in [3.05, 3.63) is 35.7 Å². The molecule has 1 N–H and O–H groups in total. The number of amides is 1. The maximum absolute atomic E-state index is 12.3. The van der Waals surface area contributed by atoms with Crippen LogP contribution >= 0.6 is 11.8 Å². The van der Waals surface area contributed by atoms with Crippen molar-refractivity contribution in [2.45, 2.75) is 12.2 Å². The smallest absolute Gasteiger partial charge is 0.328 e. The van der Waals surface area contributed by atoms with Crippen molar-refractivity contribution < 1.29 is 14.7 Å². The summed E-state index contributed by atoms with van der Waals surface area (Å²) in [4.78, 5) is 28.6. The van der Waals surface area contributed by atoms with E-state index in [1.165, 1.54) is 12.3 Å². The minimum Gasteiger partial charge on any atom is -0.478 e. The predicted molar refractivity (Wildman–Crippen MR) is 78.7 cm³/mol. The van der Waals surface area contributed by atoms with Crippen molar-refractivity contribution in [3.63, 3.8) is 0 Å². The lowest BCUT2D eigenvalue weighted by molar-refractivity contribution is -0.131. The van der Waals surface area contributed by atoms with E-state index in [2.05, 4.69) is 11.9 Å². The molecule has 0 spiro atoms. The first kappa shape index (κ1) is 14.6. The maximum Gasteiger partial charge on any atom is 0.328 e. The van der Waals surface area contributed by atoms with Gasteiger partial charge in [0, 0.05) is 36.4 Å². The van der Waals surface area contributed by atoms with Crippen LogP contribution in [0.15, 0.2) is 24.4 Å². The van der Waals surface area contributed by atoms with Gasteiger partial charge in [-0.25, -0.2) is 4.79 Å². The Bertz CT molecular complexity index is 528. The minimum absolute atomic E-state index is 0.0640. The van der Waals surface area contributed by atoms with Gasteiger partial charge in [-0.2, -0.15) is 11.8 Å². The summed E-state index contributed by atoms with van der Waals surface area (Å²) in [7, 11) is 0. The molecule has 0 aliphatic carbocycles. The van der Waals surface area contributed by atoms with Crippen LogP contribution in [0.5, 0.6) is 0 Å². The molecule has 6 heteroatoms. The van der Waals surface area contributed by atoms with Crippen LogP contribution in [0.4, 0.5) is 0 Å². The molecule has 1 aliphatic heterocycles. The van der Waals surface area contributed by atoms with Crippen molar-refractivity contribution in [3.8, 4) is 0 Å². The van der Waals surface area contributed by atoms with E-state index in [-0.39, 0.29) is 5.91 Å². The zero-order valence-corrected chi connectivity index (χ0v) is 12.0. The highest BCUT2D eigenvalue weighted by molar-refractivity contribution is 7.99. The first-order valence-electron chi connectivity index (χ1n) is 6.34. The molecule has 1 fully saturated rings. The Morgan fingerprint density at radius 2 is 2.30 bits per heavy atom. The fourth-order valence-electron chi connectivity index (χ4n) is 1.96. The molecule has 1 aromatic heterocycles. The zero-order valence-electron chi connectivity index (χ0n) is 11.2. The zero-order chi connectivity index (χ0) is 14.5. The minimum atomic E-state index is -1.01. The second-order valence-electron chi connectivity index (χ2n) is 4.58. The van der Waals surface area contributed by atoms with Crippen LogP contribution < -0.4 is 0 Å². The fraction of sp³-hybridized carbons (Fsp3) is 0.357. The lowest BCUT2D eigenvalue weighted by Gasteiger charge is -2.30. The van der Waals surface area contributed by atoms with Gasteiger partial charge in [-0.05, 0) is 17.7 Å². The average Bonchev–Trinajstić information content (AvgIpc) is 2.45. The number of hydrogen-bond acceptors (Lipinski definition) is 4. The molecule has 1 saturated heterocycles. The van der Waals surface area contributed by atoms with Gasteiger partial charge in [0.05, 0.1) is 0 Å². The van der Waals surface area contributed by atoms with Crippen molar-refractivity contribution >= 4 is 29.7 Å². The molecule has 1 aliphatic rings. The summed E-state index contributed by atoms with van der Waals surface area (Å²) in [6, 6.07) is 3.33. The molecule has 1 aromatic rings. The third-order valence-corrected chi connectivity index (χ3v) is 4.09. The third-order valence-electron chi connectivity index (χ3n) is 2.95. The highest BCUT2D eigenvalue weighted by Crippen LogP contribution is 2.19. The van der Waals surface area contributed by atoms with Gasteiger partial charge < -0.3 is 10.0 Å². The van der Waals surface area contributed by atoms with E-state index in [0.717, 1.165) is 24.9 Å². The molecule has 1 unspecified atom stereocenters. The van der Waals surface area contributed by atoms with Crippen LogP contribution in [0.25, 0.3) is 6.08 Å². The Kier molecular flexibility index (Phi) is 4.79. The molecule has 2 rings (SSSR count). The number of hydrogen-bond donors (Lipinski definition) is 1. The lowest BCUT2D eigenvalue weighted by atomic mass is 10.2. The van der Waals surface area contributed by atoms with E-state index in [1.54, 1.807) is 12.1 Å². The highest BCUT2D eigenvalue weighted by atomic mass is 32.2. The van der Waals surface area contributed by atoms with E-state index >= 15 is 0 Å². The summed E-state index contributed by atoms with van der Waals surface area (Å²) in [6.45, 7) is 3.60. The molecule has 1 atom stereocenters. The molecule has 0 saturated carbocycles. The van der Waals surface area contributed by atoms with Gasteiger partial charge in [0.15, 0.2) is 0 Å². The van der Waals surface area contributed by atoms with Crippen LogP contribution in [0.1, 0.15) is 23.0 Å². The van der Waals surface area contributed by atoms with Gasteiger partial charge in [0.25, 0.3) is 5.91 Å². The van der Waals surface area contributed by atoms with Gasteiger partial charge >= 0.3 is 5.97 Å². The van der Waals surface area contributed by atoms with Crippen molar-refractivity contribution in [1.29, 1.82) is 0 Å². The first-order chi connectivity index (χ1) is 9.56. The highest BCUT2D eigenvalue weighted by Gasteiger charge is 2.22. The van der Waals surface area contributed by atoms with E-state index in [9.17, 15) is 9.59 Å². The Morgan fingerprint density at radius 3 is 2.90 bits per heavy atom. The van der Waals surface area contributed by atoms with E-state index in [1.807, 2.05) is 16.7 Å². The van der Waals surface area contributed by atoms with Crippen molar-refractivity contribution in [2.75, 3.05) is 18.8 Å². The van der Waals surface area contributed by atoms with Gasteiger partial charge in [0.1, 0.15) is 5.69 Å². The van der Waals surface area contributed by atoms with Crippen LogP contribution in [0, 0.1) is 0 Å². The summed E-state index contributed by atoms with van der Waals surface area (Å²) in [5.41, 5.74) is 1.06.